The molecule has 1 N–H and O–H groups in total. The molecule has 2 rings (SSSR count). The summed E-state index contributed by atoms with van der Waals surface area (Å²) in [5.74, 6) is 0.480. The number of hydrogen-bond donors (Lipinski definition) is 1. The lowest BCUT2D eigenvalue weighted by atomic mass is 10.2. The van der Waals surface area contributed by atoms with Gasteiger partial charge in [0.2, 0.25) is 0 Å². The first-order chi connectivity index (χ1) is 11.2. The number of carbonyl (C=O) groups is 1. The number of amides is 1. The third kappa shape index (κ3) is 5.30. The van der Waals surface area contributed by atoms with E-state index in [9.17, 15) is 4.79 Å². The zero-order chi connectivity index (χ0) is 16.5. The Morgan fingerprint density at radius 3 is 2.70 bits per heavy atom. The molecule has 0 aromatic carbocycles. The molecule has 2 heterocycles. The van der Waals surface area contributed by atoms with Crippen molar-refractivity contribution in [2.24, 2.45) is 0 Å². The number of hydrogen-bond acceptors (Lipinski definition) is 6. The van der Waals surface area contributed by atoms with Crippen molar-refractivity contribution in [3.8, 4) is 0 Å². The molecule has 1 amide bonds. The van der Waals surface area contributed by atoms with E-state index >= 15 is 0 Å². The number of aromatic nitrogens is 3. The standard InChI is InChI=1S/C16H21N5O2/c1-21(9-5-13-3-6-17-7-4-13)16(22)14-11-20-15(12-19-14)18-8-10-23-2/h3-4,6-7,11-12H,5,8-10H2,1-2H3,(H,18,20). The predicted molar refractivity (Wildman–Crippen MR) is 87.3 cm³/mol. The molecule has 0 spiro atoms. The highest BCUT2D eigenvalue weighted by Crippen LogP contribution is 2.05. The van der Waals surface area contributed by atoms with Gasteiger partial charge in [0.1, 0.15) is 11.5 Å². The van der Waals surface area contributed by atoms with E-state index in [1.54, 1.807) is 37.6 Å². The van der Waals surface area contributed by atoms with E-state index in [0.29, 0.717) is 31.2 Å². The molecular formula is C16H21N5O2. The quantitative estimate of drug-likeness (QED) is 0.738. The summed E-state index contributed by atoms with van der Waals surface area (Å²) in [5.41, 5.74) is 1.47. The van der Waals surface area contributed by atoms with Gasteiger partial charge in [0.25, 0.3) is 5.91 Å². The van der Waals surface area contributed by atoms with Crippen LogP contribution < -0.4 is 5.32 Å². The van der Waals surface area contributed by atoms with Crippen molar-refractivity contribution in [3.05, 3.63) is 48.2 Å². The fourth-order valence-corrected chi connectivity index (χ4v) is 1.95. The van der Waals surface area contributed by atoms with Crippen LogP contribution >= 0.6 is 0 Å². The van der Waals surface area contributed by atoms with Gasteiger partial charge in [-0.05, 0) is 24.1 Å². The molecule has 23 heavy (non-hydrogen) atoms. The molecule has 2 aromatic heterocycles. The van der Waals surface area contributed by atoms with Crippen molar-refractivity contribution in [3.63, 3.8) is 0 Å². The number of nitrogens with zero attached hydrogens (tertiary/aromatic N) is 4. The average molecular weight is 315 g/mol. The molecule has 7 heteroatoms. The van der Waals surface area contributed by atoms with Gasteiger partial charge >= 0.3 is 0 Å². The second kappa shape index (κ2) is 8.79. The summed E-state index contributed by atoms with van der Waals surface area (Å²) in [6, 6.07) is 3.89. The molecule has 2 aromatic rings. The van der Waals surface area contributed by atoms with Gasteiger partial charge in [0, 0.05) is 39.6 Å². The summed E-state index contributed by atoms with van der Waals surface area (Å²) in [6.45, 7) is 1.84. The number of nitrogens with one attached hydrogen (secondary N) is 1. The van der Waals surface area contributed by atoms with Crippen LogP contribution in [0.4, 0.5) is 5.82 Å². The second-order valence-electron chi connectivity index (χ2n) is 5.04. The third-order valence-corrected chi connectivity index (χ3v) is 3.32. The maximum atomic E-state index is 12.3. The molecule has 0 aliphatic heterocycles. The first-order valence-electron chi connectivity index (χ1n) is 7.40. The van der Waals surface area contributed by atoms with Crippen LogP contribution in [0.25, 0.3) is 0 Å². The topological polar surface area (TPSA) is 80.2 Å². The fourth-order valence-electron chi connectivity index (χ4n) is 1.95. The lowest BCUT2D eigenvalue weighted by Crippen LogP contribution is -2.29. The first-order valence-corrected chi connectivity index (χ1v) is 7.40. The molecular weight excluding hydrogens is 294 g/mol. The zero-order valence-corrected chi connectivity index (χ0v) is 13.4. The fraction of sp³-hybridized carbons (Fsp3) is 0.375. The van der Waals surface area contributed by atoms with Crippen LogP contribution in [0.3, 0.4) is 0 Å². The Morgan fingerprint density at radius 2 is 2.04 bits per heavy atom. The number of rotatable bonds is 8. The molecule has 0 aliphatic rings. The van der Waals surface area contributed by atoms with Crippen LogP contribution in [0.5, 0.6) is 0 Å². The SMILES string of the molecule is COCCNc1cnc(C(=O)N(C)CCc2ccncc2)cn1. The Bertz CT molecular complexity index is 604. The summed E-state index contributed by atoms with van der Waals surface area (Å²) < 4.78 is 4.94. The van der Waals surface area contributed by atoms with Crippen LogP contribution in [0, 0.1) is 0 Å². The Morgan fingerprint density at radius 1 is 1.26 bits per heavy atom. The van der Waals surface area contributed by atoms with E-state index in [4.69, 9.17) is 4.74 Å². The van der Waals surface area contributed by atoms with Gasteiger partial charge in [0.15, 0.2) is 0 Å². The summed E-state index contributed by atoms with van der Waals surface area (Å²) >= 11 is 0. The van der Waals surface area contributed by atoms with Crippen LogP contribution in [0.15, 0.2) is 36.9 Å². The minimum atomic E-state index is -0.144. The molecule has 0 fully saturated rings. The van der Waals surface area contributed by atoms with E-state index in [2.05, 4.69) is 20.3 Å². The van der Waals surface area contributed by atoms with Crippen molar-refractivity contribution in [2.45, 2.75) is 6.42 Å². The molecule has 0 atom stereocenters. The number of carbonyl (C=O) groups excluding carboxylic acids is 1. The lowest BCUT2D eigenvalue weighted by Gasteiger charge is -2.16. The average Bonchev–Trinajstić information content (AvgIpc) is 2.61. The van der Waals surface area contributed by atoms with Gasteiger partial charge in [-0.1, -0.05) is 0 Å². The number of anilines is 1. The van der Waals surface area contributed by atoms with Crippen LogP contribution in [0.2, 0.25) is 0 Å². The lowest BCUT2D eigenvalue weighted by molar-refractivity contribution is 0.0790. The van der Waals surface area contributed by atoms with Gasteiger partial charge < -0.3 is 15.0 Å². The molecule has 7 nitrogen and oxygen atoms in total. The van der Waals surface area contributed by atoms with Crippen molar-refractivity contribution in [2.75, 3.05) is 39.2 Å². The molecule has 0 saturated heterocycles. The summed E-state index contributed by atoms with van der Waals surface area (Å²) in [5, 5.41) is 3.06. The number of likely N-dealkylation sites (N-methyl/N-ethyl adjacent to an activating group) is 1. The monoisotopic (exact) mass is 315 g/mol. The highest BCUT2D eigenvalue weighted by molar-refractivity contribution is 5.91. The minimum Gasteiger partial charge on any atom is -0.383 e. The summed E-state index contributed by atoms with van der Waals surface area (Å²) in [7, 11) is 3.40. The Balaban J connectivity index is 1.86. The highest BCUT2D eigenvalue weighted by atomic mass is 16.5. The number of pyridine rings is 1. The molecule has 0 aliphatic carbocycles. The largest absolute Gasteiger partial charge is 0.383 e. The maximum absolute atomic E-state index is 12.3. The first kappa shape index (κ1) is 16.8. The van der Waals surface area contributed by atoms with Gasteiger partial charge in [0.05, 0.1) is 19.0 Å². The second-order valence-corrected chi connectivity index (χ2v) is 5.04. The maximum Gasteiger partial charge on any atom is 0.273 e. The third-order valence-electron chi connectivity index (χ3n) is 3.32. The van der Waals surface area contributed by atoms with E-state index in [0.717, 1.165) is 12.0 Å². The van der Waals surface area contributed by atoms with Crippen LogP contribution in [-0.4, -0.2) is 59.6 Å². The van der Waals surface area contributed by atoms with Gasteiger partial charge in [-0.3, -0.25) is 9.78 Å². The van der Waals surface area contributed by atoms with Crippen molar-refractivity contribution in [1.82, 2.24) is 19.9 Å². The predicted octanol–water partition coefficient (Wildman–Crippen LogP) is 1.24. The van der Waals surface area contributed by atoms with Crippen LogP contribution in [0.1, 0.15) is 16.1 Å². The summed E-state index contributed by atoms with van der Waals surface area (Å²) in [6.07, 6.45) is 7.31. The molecule has 0 saturated carbocycles. The van der Waals surface area contributed by atoms with E-state index in [1.165, 1.54) is 6.20 Å². The Hall–Kier alpha value is -2.54. The summed E-state index contributed by atoms with van der Waals surface area (Å²) in [4.78, 5) is 26.3. The van der Waals surface area contributed by atoms with Crippen molar-refractivity contribution < 1.29 is 9.53 Å². The Kier molecular flexibility index (Phi) is 6.43. The normalized spacial score (nSPS) is 10.3. The zero-order valence-electron chi connectivity index (χ0n) is 13.4. The molecule has 122 valence electrons. The molecule has 0 unspecified atom stereocenters. The molecule has 0 bridgehead atoms. The number of ether oxygens (including phenoxy) is 1. The minimum absolute atomic E-state index is 0.144. The van der Waals surface area contributed by atoms with Crippen LogP contribution in [-0.2, 0) is 11.2 Å². The molecule has 0 radical (unpaired) electrons. The van der Waals surface area contributed by atoms with E-state index in [-0.39, 0.29) is 5.91 Å². The van der Waals surface area contributed by atoms with E-state index < -0.39 is 0 Å². The van der Waals surface area contributed by atoms with Crippen molar-refractivity contribution >= 4 is 11.7 Å². The highest BCUT2D eigenvalue weighted by Gasteiger charge is 2.13. The van der Waals surface area contributed by atoms with Gasteiger partial charge in [-0.15, -0.1) is 0 Å². The number of methoxy groups -OCH3 is 1. The van der Waals surface area contributed by atoms with Gasteiger partial charge in [-0.25, -0.2) is 9.97 Å². The smallest absolute Gasteiger partial charge is 0.273 e. The van der Waals surface area contributed by atoms with Gasteiger partial charge in [-0.2, -0.15) is 0 Å². The Labute approximate surface area is 135 Å². The van der Waals surface area contributed by atoms with E-state index in [1.807, 2.05) is 12.1 Å². The van der Waals surface area contributed by atoms with Crippen molar-refractivity contribution in [1.29, 1.82) is 0 Å².